The second kappa shape index (κ2) is 6.29. The van der Waals surface area contributed by atoms with Crippen LogP contribution in [0.4, 0.5) is 0 Å². The number of aromatic nitrogens is 6. The lowest BCUT2D eigenvalue weighted by atomic mass is 10.1. The van der Waals surface area contributed by atoms with E-state index < -0.39 is 0 Å². The number of nitrogens with zero attached hydrogens (tertiary/aromatic N) is 5. The molecule has 0 amide bonds. The van der Waals surface area contributed by atoms with Crippen LogP contribution < -0.4 is 0 Å². The second-order valence-electron chi connectivity index (χ2n) is 4.26. The van der Waals surface area contributed by atoms with Crippen molar-refractivity contribution in [1.29, 1.82) is 0 Å². The van der Waals surface area contributed by atoms with Gasteiger partial charge in [-0.25, -0.2) is 10.1 Å². The largest absolute Gasteiger partial charge is 0.303 e. The van der Waals surface area contributed by atoms with Gasteiger partial charge in [0.15, 0.2) is 0 Å². The van der Waals surface area contributed by atoms with Gasteiger partial charge >= 0.3 is 0 Å². The third kappa shape index (κ3) is 3.08. The molecule has 0 atom stereocenters. The van der Waals surface area contributed by atoms with Gasteiger partial charge in [0.25, 0.3) is 0 Å². The Labute approximate surface area is 116 Å². The first kappa shape index (κ1) is 13.5. The summed E-state index contributed by atoms with van der Waals surface area (Å²) in [5.74, 6) is 0.857. The molecule has 3 aromatic heterocycles. The van der Waals surface area contributed by atoms with Crippen LogP contribution >= 0.6 is 12.4 Å². The van der Waals surface area contributed by atoms with Crippen molar-refractivity contribution in [3.8, 4) is 0 Å². The lowest BCUT2D eigenvalue weighted by molar-refractivity contribution is 0.695. The zero-order valence-electron chi connectivity index (χ0n) is 10.4. The zero-order chi connectivity index (χ0) is 12.2. The van der Waals surface area contributed by atoms with Crippen molar-refractivity contribution in [2.24, 2.45) is 0 Å². The number of nitrogens with one attached hydrogen (secondary N) is 1. The van der Waals surface area contributed by atoms with E-state index in [2.05, 4.69) is 48.2 Å². The Bertz CT molecular complexity index is 618. The number of aromatic amines is 1. The van der Waals surface area contributed by atoms with E-state index in [0.717, 1.165) is 37.0 Å². The molecule has 3 aromatic rings. The van der Waals surface area contributed by atoms with Crippen LogP contribution in [-0.2, 0) is 12.8 Å². The predicted molar refractivity (Wildman–Crippen MR) is 73.3 cm³/mol. The molecule has 7 heteroatoms. The highest BCUT2D eigenvalue weighted by molar-refractivity contribution is 5.85. The van der Waals surface area contributed by atoms with Gasteiger partial charge < -0.3 is 4.40 Å². The van der Waals surface area contributed by atoms with E-state index in [1.165, 1.54) is 5.69 Å². The number of unbranched alkanes of at least 4 members (excludes halogenated alkanes) is 1. The normalized spacial score (nSPS) is 10.5. The number of hydrogen-bond acceptors (Lipinski definition) is 4. The second-order valence-corrected chi connectivity index (χ2v) is 4.26. The van der Waals surface area contributed by atoms with Gasteiger partial charge in [-0.1, -0.05) is 6.07 Å². The molecule has 0 aliphatic heterocycles. The highest BCUT2D eigenvalue weighted by Crippen LogP contribution is 2.10. The highest BCUT2D eigenvalue weighted by Gasteiger charge is 2.01. The minimum Gasteiger partial charge on any atom is -0.303 e. The first-order valence-electron chi connectivity index (χ1n) is 6.06. The molecule has 3 rings (SSSR count). The first-order valence-corrected chi connectivity index (χ1v) is 6.06. The lowest BCUT2D eigenvalue weighted by Crippen LogP contribution is -1.97. The highest BCUT2D eigenvalue weighted by atomic mass is 35.5. The number of aryl methyl sites for hydroxylation is 2. The zero-order valence-corrected chi connectivity index (χ0v) is 11.2. The summed E-state index contributed by atoms with van der Waals surface area (Å²) in [5, 5.41) is 13.8. The molecular formula is C12H15ClN6. The Morgan fingerprint density at radius 1 is 1.16 bits per heavy atom. The topological polar surface area (TPSA) is 71.8 Å². The van der Waals surface area contributed by atoms with Crippen LogP contribution in [-0.4, -0.2) is 30.0 Å². The van der Waals surface area contributed by atoms with E-state index in [4.69, 9.17) is 0 Å². The summed E-state index contributed by atoms with van der Waals surface area (Å²) in [7, 11) is 0. The van der Waals surface area contributed by atoms with E-state index in [-0.39, 0.29) is 12.4 Å². The van der Waals surface area contributed by atoms with Crippen molar-refractivity contribution >= 4 is 17.9 Å². The Morgan fingerprint density at radius 3 is 2.89 bits per heavy atom. The van der Waals surface area contributed by atoms with Gasteiger partial charge in [-0.05, 0) is 41.8 Å². The third-order valence-electron chi connectivity index (χ3n) is 3.02. The van der Waals surface area contributed by atoms with Crippen molar-refractivity contribution in [2.75, 3.05) is 0 Å². The summed E-state index contributed by atoms with van der Waals surface area (Å²) in [5.41, 5.74) is 2.44. The molecule has 0 saturated carbocycles. The number of tetrazole rings is 1. The average molecular weight is 279 g/mol. The van der Waals surface area contributed by atoms with Crippen LogP contribution in [0.25, 0.3) is 5.52 Å². The van der Waals surface area contributed by atoms with E-state index in [0.29, 0.717) is 0 Å². The standard InChI is InChI=1S/C12H14N6.ClH/c1(2-7-12-14-16-17-15-12)4-10-5-3-6-11-8-13-9-18(10)11;/h3,5-6,8-9H,1-2,4,7H2,(H,14,15,16,17);1H. The van der Waals surface area contributed by atoms with Crippen LogP contribution in [0.5, 0.6) is 0 Å². The van der Waals surface area contributed by atoms with E-state index in [9.17, 15) is 0 Å². The molecule has 6 nitrogen and oxygen atoms in total. The summed E-state index contributed by atoms with van der Waals surface area (Å²) in [4.78, 5) is 4.16. The fourth-order valence-corrected chi connectivity index (χ4v) is 2.09. The summed E-state index contributed by atoms with van der Waals surface area (Å²) < 4.78 is 2.13. The van der Waals surface area contributed by atoms with Crippen molar-refractivity contribution in [3.05, 3.63) is 42.2 Å². The van der Waals surface area contributed by atoms with Crippen molar-refractivity contribution < 1.29 is 0 Å². The molecular weight excluding hydrogens is 264 g/mol. The lowest BCUT2D eigenvalue weighted by Gasteiger charge is -2.04. The fourth-order valence-electron chi connectivity index (χ4n) is 2.09. The SMILES string of the molecule is Cl.c1cc(CCCCc2nnn[nH]2)n2cncc2c1. The van der Waals surface area contributed by atoms with Gasteiger partial charge in [0.1, 0.15) is 5.82 Å². The monoisotopic (exact) mass is 278 g/mol. The maximum atomic E-state index is 4.16. The van der Waals surface area contributed by atoms with Gasteiger partial charge in [0.05, 0.1) is 18.0 Å². The minimum atomic E-state index is 0. The average Bonchev–Trinajstić information content (AvgIpc) is 3.05. The smallest absolute Gasteiger partial charge is 0.148 e. The number of fused-ring (bicyclic) bond motifs is 1. The first-order chi connectivity index (χ1) is 8.93. The van der Waals surface area contributed by atoms with Crippen molar-refractivity contribution in [3.63, 3.8) is 0 Å². The molecule has 0 fully saturated rings. The molecule has 0 saturated heterocycles. The summed E-state index contributed by atoms with van der Waals surface area (Å²) in [6, 6.07) is 6.29. The number of pyridine rings is 1. The van der Waals surface area contributed by atoms with Crippen molar-refractivity contribution in [2.45, 2.75) is 25.7 Å². The van der Waals surface area contributed by atoms with Crippen LogP contribution in [0.2, 0.25) is 0 Å². The molecule has 3 heterocycles. The molecule has 0 aliphatic carbocycles. The van der Waals surface area contributed by atoms with Gasteiger partial charge in [-0.15, -0.1) is 17.5 Å². The van der Waals surface area contributed by atoms with Gasteiger partial charge in [-0.3, -0.25) is 0 Å². The Hall–Kier alpha value is -1.95. The molecule has 0 bridgehead atoms. The van der Waals surface area contributed by atoms with Crippen LogP contribution in [0, 0.1) is 0 Å². The molecule has 19 heavy (non-hydrogen) atoms. The maximum absolute atomic E-state index is 4.16. The summed E-state index contributed by atoms with van der Waals surface area (Å²) in [6.45, 7) is 0. The van der Waals surface area contributed by atoms with E-state index in [1.54, 1.807) is 0 Å². The number of halogens is 1. The Balaban J connectivity index is 0.00000133. The van der Waals surface area contributed by atoms with Crippen molar-refractivity contribution in [1.82, 2.24) is 30.0 Å². The van der Waals surface area contributed by atoms with Crippen LogP contribution in [0.1, 0.15) is 24.4 Å². The molecule has 1 N–H and O–H groups in total. The Morgan fingerprint density at radius 2 is 2.05 bits per heavy atom. The van der Waals surface area contributed by atoms with Gasteiger partial charge in [-0.2, -0.15) is 0 Å². The number of imidazole rings is 1. The minimum absolute atomic E-state index is 0. The van der Waals surface area contributed by atoms with Gasteiger partial charge in [0.2, 0.25) is 0 Å². The van der Waals surface area contributed by atoms with Crippen LogP contribution in [0.15, 0.2) is 30.7 Å². The van der Waals surface area contributed by atoms with E-state index >= 15 is 0 Å². The quantitative estimate of drug-likeness (QED) is 0.723. The van der Waals surface area contributed by atoms with E-state index in [1.807, 2.05) is 12.5 Å². The third-order valence-corrected chi connectivity index (χ3v) is 3.02. The number of H-pyrrole nitrogens is 1. The molecule has 0 aliphatic rings. The number of rotatable bonds is 5. The molecule has 0 unspecified atom stereocenters. The summed E-state index contributed by atoms with van der Waals surface area (Å²) in [6.07, 6.45) is 7.86. The molecule has 100 valence electrons. The Kier molecular flexibility index (Phi) is 4.46. The van der Waals surface area contributed by atoms with Crippen LogP contribution in [0.3, 0.4) is 0 Å². The number of hydrogen-bond donors (Lipinski definition) is 1. The predicted octanol–water partition coefficient (Wildman–Crippen LogP) is 1.83. The maximum Gasteiger partial charge on any atom is 0.148 e. The fraction of sp³-hybridized carbons (Fsp3) is 0.333. The molecule has 0 radical (unpaired) electrons. The van der Waals surface area contributed by atoms with Gasteiger partial charge in [0, 0.05) is 12.1 Å². The summed E-state index contributed by atoms with van der Waals surface area (Å²) >= 11 is 0. The molecule has 0 spiro atoms. The molecule has 0 aromatic carbocycles.